The Kier molecular flexibility index (Phi) is 4.90. The molecule has 0 unspecified atom stereocenters. The van der Waals surface area contributed by atoms with Gasteiger partial charge < -0.3 is 15.5 Å². The lowest BCUT2D eigenvalue weighted by atomic mass is 10.1. The molecule has 5 heteroatoms. The van der Waals surface area contributed by atoms with Crippen LogP contribution < -0.4 is 15.5 Å². The maximum absolute atomic E-state index is 6.02. The summed E-state index contributed by atoms with van der Waals surface area (Å²) < 4.78 is 0. The van der Waals surface area contributed by atoms with Crippen LogP contribution in [0.25, 0.3) is 0 Å². The molecule has 2 N–H and O–H groups in total. The molecule has 0 spiro atoms. The molecule has 5 nitrogen and oxygen atoms in total. The van der Waals surface area contributed by atoms with Crippen molar-refractivity contribution in [1.82, 2.24) is 9.97 Å². The Hall–Kier alpha value is -1.36. The first kappa shape index (κ1) is 14.7. The molecule has 18 heavy (non-hydrogen) atoms. The zero-order valence-corrected chi connectivity index (χ0v) is 12.1. The van der Waals surface area contributed by atoms with E-state index in [0.717, 1.165) is 31.1 Å². The van der Waals surface area contributed by atoms with Crippen LogP contribution >= 0.6 is 0 Å². The number of likely N-dealkylation sites (N-methyl/N-ethyl adjacent to an activating group) is 1. The third-order valence-corrected chi connectivity index (χ3v) is 2.62. The van der Waals surface area contributed by atoms with Gasteiger partial charge in [0.2, 0.25) is 0 Å². The van der Waals surface area contributed by atoms with Crippen LogP contribution in [0.4, 0.5) is 11.6 Å². The Labute approximate surface area is 110 Å². The molecule has 1 aromatic heterocycles. The average Bonchev–Trinajstić information content (AvgIpc) is 2.27. The van der Waals surface area contributed by atoms with Gasteiger partial charge in [0, 0.05) is 38.8 Å². The maximum Gasteiger partial charge on any atom is 0.133 e. The largest absolute Gasteiger partial charge is 0.360 e. The van der Waals surface area contributed by atoms with Gasteiger partial charge in [0.15, 0.2) is 0 Å². The van der Waals surface area contributed by atoms with Crippen LogP contribution in [-0.4, -0.2) is 42.7 Å². The fourth-order valence-electron chi connectivity index (χ4n) is 1.90. The van der Waals surface area contributed by atoms with Crippen molar-refractivity contribution < 1.29 is 0 Å². The van der Waals surface area contributed by atoms with E-state index in [-0.39, 0.29) is 5.54 Å². The van der Waals surface area contributed by atoms with E-state index in [1.165, 1.54) is 0 Å². The summed E-state index contributed by atoms with van der Waals surface area (Å²) in [4.78, 5) is 12.8. The highest BCUT2D eigenvalue weighted by atomic mass is 15.2. The number of hydrogen-bond donors (Lipinski definition) is 1. The van der Waals surface area contributed by atoms with Gasteiger partial charge in [-0.05, 0) is 20.3 Å². The van der Waals surface area contributed by atoms with Crippen LogP contribution in [0.15, 0.2) is 12.4 Å². The first-order valence-electron chi connectivity index (χ1n) is 6.36. The van der Waals surface area contributed by atoms with E-state index < -0.39 is 0 Å². The summed E-state index contributed by atoms with van der Waals surface area (Å²) in [5.74, 6) is 1.85. The fourth-order valence-corrected chi connectivity index (χ4v) is 1.90. The number of anilines is 2. The van der Waals surface area contributed by atoms with E-state index in [1.54, 1.807) is 6.33 Å². The molecule has 0 radical (unpaired) electrons. The SMILES string of the molecule is CCCN(C)c1cc(N(C)CC(C)(C)N)ncn1. The van der Waals surface area contributed by atoms with Crippen molar-refractivity contribution >= 4 is 11.6 Å². The van der Waals surface area contributed by atoms with Crippen molar-refractivity contribution in [2.75, 3.05) is 37.0 Å². The highest BCUT2D eigenvalue weighted by Crippen LogP contribution is 2.17. The van der Waals surface area contributed by atoms with Gasteiger partial charge in [-0.25, -0.2) is 9.97 Å². The Morgan fingerprint density at radius 1 is 1.17 bits per heavy atom. The van der Waals surface area contributed by atoms with Gasteiger partial charge in [0.05, 0.1) is 0 Å². The van der Waals surface area contributed by atoms with E-state index in [0.29, 0.717) is 0 Å². The van der Waals surface area contributed by atoms with Crippen LogP contribution in [0.3, 0.4) is 0 Å². The van der Waals surface area contributed by atoms with Crippen LogP contribution in [0.1, 0.15) is 27.2 Å². The predicted molar refractivity (Wildman–Crippen MR) is 77.1 cm³/mol. The third kappa shape index (κ3) is 4.49. The van der Waals surface area contributed by atoms with Crippen LogP contribution in [0.5, 0.6) is 0 Å². The molecule has 0 fully saturated rings. The smallest absolute Gasteiger partial charge is 0.133 e. The van der Waals surface area contributed by atoms with Crippen molar-refractivity contribution in [2.24, 2.45) is 5.73 Å². The zero-order valence-electron chi connectivity index (χ0n) is 12.1. The number of hydrogen-bond acceptors (Lipinski definition) is 5. The number of nitrogens with two attached hydrogens (primary N) is 1. The molecule has 1 rings (SSSR count). The summed E-state index contributed by atoms with van der Waals surface area (Å²) in [6, 6.07) is 2.00. The first-order chi connectivity index (χ1) is 8.33. The molecule has 0 amide bonds. The van der Waals surface area contributed by atoms with Crippen molar-refractivity contribution in [2.45, 2.75) is 32.7 Å². The Bertz CT molecular complexity index is 372. The fraction of sp³-hybridized carbons (Fsp3) is 0.692. The Morgan fingerprint density at radius 3 is 2.22 bits per heavy atom. The highest BCUT2D eigenvalue weighted by molar-refractivity contribution is 5.49. The second-order valence-corrected chi connectivity index (χ2v) is 5.50. The monoisotopic (exact) mass is 251 g/mol. The minimum atomic E-state index is -0.241. The zero-order chi connectivity index (χ0) is 13.8. The lowest BCUT2D eigenvalue weighted by Crippen LogP contribution is -2.44. The van der Waals surface area contributed by atoms with Gasteiger partial charge in [-0.2, -0.15) is 0 Å². The van der Waals surface area contributed by atoms with Gasteiger partial charge in [0.1, 0.15) is 18.0 Å². The highest BCUT2D eigenvalue weighted by Gasteiger charge is 2.15. The molecule has 0 atom stereocenters. The summed E-state index contributed by atoms with van der Waals surface area (Å²) >= 11 is 0. The van der Waals surface area contributed by atoms with Crippen LogP contribution in [-0.2, 0) is 0 Å². The van der Waals surface area contributed by atoms with Crippen molar-refractivity contribution in [3.63, 3.8) is 0 Å². The van der Waals surface area contributed by atoms with Gasteiger partial charge >= 0.3 is 0 Å². The van der Waals surface area contributed by atoms with Crippen molar-refractivity contribution in [3.05, 3.63) is 12.4 Å². The summed E-state index contributed by atoms with van der Waals surface area (Å²) in [7, 11) is 4.04. The molecular weight excluding hydrogens is 226 g/mol. The molecule has 0 aliphatic rings. The lowest BCUT2D eigenvalue weighted by Gasteiger charge is -2.28. The third-order valence-electron chi connectivity index (χ3n) is 2.62. The summed E-state index contributed by atoms with van der Waals surface area (Å²) in [5.41, 5.74) is 5.78. The second kappa shape index (κ2) is 6.00. The van der Waals surface area contributed by atoms with Crippen LogP contribution in [0.2, 0.25) is 0 Å². The summed E-state index contributed by atoms with van der Waals surface area (Å²) in [5, 5.41) is 0. The topological polar surface area (TPSA) is 58.3 Å². The molecule has 0 aromatic carbocycles. The normalized spacial score (nSPS) is 11.4. The molecule has 0 saturated heterocycles. The number of rotatable bonds is 6. The number of aromatic nitrogens is 2. The van der Waals surface area contributed by atoms with Gasteiger partial charge in [-0.15, -0.1) is 0 Å². The summed E-state index contributed by atoms with van der Waals surface area (Å²) in [6.45, 7) is 7.91. The molecule has 102 valence electrons. The predicted octanol–water partition coefficient (Wildman–Crippen LogP) is 1.50. The maximum atomic E-state index is 6.02. The lowest BCUT2D eigenvalue weighted by molar-refractivity contribution is 0.517. The number of nitrogens with zero attached hydrogens (tertiary/aromatic N) is 4. The molecule has 1 heterocycles. The Balaban J connectivity index is 2.81. The molecule has 0 saturated carbocycles. The van der Waals surface area contributed by atoms with E-state index in [4.69, 9.17) is 5.73 Å². The first-order valence-corrected chi connectivity index (χ1v) is 6.36. The van der Waals surface area contributed by atoms with E-state index in [9.17, 15) is 0 Å². The standard InChI is InChI=1S/C13H25N5/c1-6-7-17(4)11-8-12(16-10-15-11)18(5)9-13(2,3)14/h8,10H,6-7,9,14H2,1-5H3. The molecule has 1 aromatic rings. The Morgan fingerprint density at radius 2 is 1.72 bits per heavy atom. The molecule has 0 aliphatic carbocycles. The van der Waals surface area contributed by atoms with E-state index >= 15 is 0 Å². The van der Waals surface area contributed by atoms with E-state index in [1.807, 2.05) is 34.0 Å². The quantitative estimate of drug-likeness (QED) is 0.830. The van der Waals surface area contributed by atoms with Gasteiger partial charge in [0.25, 0.3) is 0 Å². The van der Waals surface area contributed by atoms with Crippen LogP contribution in [0, 0.1) is 0 Å². The molecule has 0 aliphatic heterocycles. The second-order valence-electron chi connectivity index (χ2n) is 5.50. The van der Waals surface area contributed by atoms with E-state index in [2.05, 4.69) is 26.7 Å². The minimum absolute atomic E-state index is 0.241. The van der Waals surface area contributed by atoms with Crippen molar-refractivity contribution in [3.8, 4) is 0 Å². The molecule has 0 bridgehead atoms. The van der Waals surface area contributed by atoms with Gasteiger partial charge in [-0.3, -0.25) is 0 Å². The summed E-state index contributed by atoms with van der Waals surface area (Å²) in [6.07, 6.45) is 2.71. The van der Waals surface area contributed by atoms with Gasteiger partial charge in [-0.1, -0.05) is 6.92 Å². The molecular formula is C13H25N5. The van der Waals surface area contributed by atoms with Crippen molar-refractivity contribution in [1.29, 1.82) is 0 Å². The average molecular weight is 251 g/mol. The minimum Gasteiger partial charge on any atom is -0.360 e.